The van der Waals surface area contributed by atoms with Gasteiger partial charge < -0.3 is 40.9 Å². The van der Waals surface area contributed by atoms with Gasteiger partial charge in [-0.15, -0.1) is 0 Å². The number of amides is 2. The first kappa shape index (κ1) is 30.1. The molecule has 0 radical (unpaired) electrons. The number of anilines is 1. The highest BCUT2D eigenvalue weighted by Gasteiger charge is 2.63. The molecule has 1 aromatic carbocycles. The number of carbonyl (C=O) groups is 4. The van der Waals surface area contributed by atoms with E-state index in [9.17, 15) is 34.5 Å². The highest BCUT2D eigenvalue weighted by Crippen LogP contribution is 2.52. The lowest BCUT2D eigenvalue weighted by Crippen LogP contribution is -2.65. The predicted octanol–water partition coefficient (Wildman–Crippen LogP) is 1.17. The molecule has 0 bridgehead atoms. The number of ether oxygens (including phenoxy) is 1. The molecule has 41 heavy (non-hydrogen) atoms. The van der Waals surface area contributed by atoms with Gasteiger partial charge in [-0.05, 0) is 50.9 Å². The van der Waals surface area contributed by atoms with Crippen molar-refractivity contribution < 1.29 is 39.2 Å². The Kier molecular flexibility index (Phi) is 8.19. The molecule has 3 aliphatic rings. The Bertz CT molecular complexity index is 1360. The summed E-state index contributed by atoms with van der Waals surface area (Å²) < 4.78 is 5.12. The summed E-state index contributed by atoms with van der Waals surface area (Å²) in [5.74, 6) is -5.54. The minimum atomic E-state index is -2.62. The highest BCUT2D eigenvalue weighted by molar-refractivity contribution is 6.32. The second-order valence-corrected chi connectivity index (χ2v) is 11.3. The van der Waals surface area contributed by atoms with Crippen molar-refractivity contribution in [2.75, 3.05) is 39.7 Å². The minimum absolute atomic E-state index is 0.00733. The highest BCUT2D eigenvalue weighted by atomic mass is 16.5. The molecular weight excluding hydrogens is 532 g/mol. The van der Waals surface area contributed by atoms with Crippen LogP contribution in [0, 0.1) is 11.8 Å². The van der Waals surface area contributed by atoms with Crippen molar-refractivity contribution in [1.29, 1.82) is 0 Å². The molecule has 0 spiro atoms. The van der Waals surface area contributed by atoms with Gasteiger partial charge in [0.2, 0.25) is 11.6 Å². The summed E-state index contributed by atoms with van der Waals surface area (Å²) >= 11 is 0. The van der Waals surface area contributed by atoms with Crippen LogP contribution in [0.2, 0.25) is 0 Å². The van der Waals surface area contributed by atoms with Crippen molar-refractivity contribution >= 4 is 35.0 Å². The smallest absolute Gasteiger partial charge is 0.407 e. The third-order valence-electron chi connectivity index (χ3n) is 8.32. The largest absolute Gasteiger partial charge is 0.507 e. The second-order valence-electron chi connectivity index (χ2n) is 11.3. The number of ketones is 2. The van der Waals surface area contributed by atoms with Crippen LogP contribution >= 0.6 is 0 Å². The summed E-state index contributed by atoms with van der Waals surface area (Å²) in [6.07, 6.45) is 2.69. The summed E-state index contributed by atoms with van der Waals surface area (Å²) in [6.45, 7) is 2.10. The maximum absolute atomic E-state index is 14.0. The van der Waals surface area contributed by atoms with E-state index in [1.807, 2.05) is 6.92 Å². The van der Waals surface area contributed by atoms with Crippen molar-refractivity contribution in [2.45, 2.75) is 50.8 Å². The van der Waals surface area contributed by atoms with Crippen LogP contribution in [0.4, 0.5) is 10.5 Å². The first-order chi connectivity index (χ1) is 19.2. The van der Waals surface area contributed by atoms with Gasteiger partial charge in [0, 0.05) is 49.4 Å². The van der Waals surface area contributed by atoms with E-state index in [2.05, 4.69) is 5.32 Å². The standard InChI is InChI=1S/C29H38N4O8/c1-6-7-8-41-28(39)31-13-15-11-19(32(2)3)16-9-14-10-18-20(33(4)5)12-17(27(30)38)25(36)29(18,40)26(37)21(14)24(35)22(16)23(15)34/h11-12,14,18,20,34-35,40H,6-10,13H2,1-5H3,(H2,30,38)(H,31,39)/t14-,18-,20-,29+/m0/s1. The number of benzene rings is 1. The Morgan fingerprint density at radius 1 is 1.17 bits per heavy atom. The Morgan fingerprint density at radius 3 is 2.44 bits per heavy atom. The lowest BCUT2D eigenvalue weighted by Gasteiger charge is -2.49. The van der Waals surface area contributed by atoms with Crippen LogP contribution in [0.15, 0.2) is 23.3 Å². The van der Waals surface area contributed by atoms with Gasteiger partial charge in [-0.1, -0.05) is 19.4 Å². The van der Waals surface area contributed by atoms with Crippen molar-refractivity contribution in [3.63, 3.8) is 0 Å². The maximum Gasteiger partial charge on any atom is 0.407 e. The molecule has 0 aliphatic heterocycles. The van der Waals surface area contributed by atoms with Crippen LogP contribution in [0.5, 0.6) is 5.75 Å². The first-order valence-corrected chi connectivity index (χ1v) is 13.6. The van der Waals surface area contributed by atoms with Crippen molar-refractivity contribution in [1.82, 2.24) is 10.2 Å². The second kappa shape index (κ2) is 11.2. The van der Waals surface area contributed by atoms with E-state index < -0.39 is 58.4 Å². The number of alkyl carbamates (subject to hydrolysis) is 1. The minimum Gasteiger partial charge on any atom is -0.507 e. The zero-order chi connectivity index (χ0) is 30.4. The topological polar surface area (TPSA) is 183 Å². The summed E-state index contributed by atoms with van der Waals surface area (Å²) in [4.78, 5) is 55.1. The molecule has 2 amide bonds. The molecule has 12 nitrogen and oxygen atoms in total. The van der Waals surface area contributed by atoms with E-state index in [0.717, 1.165) is 6.42 Å². The monoisotopic (exact) mass is 570 g/mol. The molecule has 1 fully saturated rings. The third kappa shape index (κ3) is 4.95. The fourth-order valence-corrected chi connectivity index (χ4v) is 6.23. The van der Waals surface area contributed by atoms with E-state index in [1.165, 1.54) is 6.08 Å². The zero-order valence-electron chi connectivity index (χ0n) is 24.0. The number of primary amides is 1. The van der Waals surface area contributed by atoms with Crippen molar-refractivity contribution in [3.05, 3.63) is 40.0 Å². The Hall–Kier alpha value is -3.90. The number of hydrogen-bond acceptors (Lipinski definition) is 10. The number of aromatic hydroxyl groups is 1. The number of phenols is 1. The lowest BCUT2D eigenvalue weighted by molar-refractivity contribution is -0.160. The average molecular weight is 571 g/mol. The molecular formula is C29H38N4O8. The van der Waals surface area contributed by atoms with Gasteiger partial charge in [0.25, 0.3) is 5.91 Å². The molecule has 6 N–H and O–H groups in total. The van der Waals surface area contributed by atoms with E-state index in [0.29, 0.717) is 17.7 Å². The van der Waals surface area contributed by atoms with Crippen molar-refractivity contribution in [2.24, 2.45) is 17.6 Å². The quantitative estimate of drug-likeness (QED) is 0.173. The van der Waals surface area contributed by atoms with Crippen LogP contribution in [0.3, 0.4) is 0 Å². The fourth-order valence-electron chi connectivity index (χ4n) is 6.23. The van der Waals surface area contributed by atoms with Crippen LogP contribution < -0.4 is 16.0 Å². The number of hydrogen-bond donors (Lipinski definition) is 5. The van der Waals surface area contributed by atoms with Crippen LogP contribution in [-0.2, 0) is 32.1 Å². The van der Waals surface area contributed by atoms with Gasteiger partial charge in [0.1, 0.15) is 11.5 Å². The summed E-state index contributed by atoms with van der Waals surface area (Å²) in [5.41, 5.74) is 3.66. The number of unbranched alkanes of at least 4 members (excludes halogenated alkanes) is 1. The number of phenolic OH excluding ortho intramolecular Hbond substituents is 1. The van der Waals surface area contributed by atoms with E-state index >= 15 is 0 Å². The SMILES string of the molecule is CCCCOC(=O)NCc1cc(N(C)C)c2c(c1O)C(O)=C1C(=O)[C@]3(O)C(=O)C(C(N)=O)=C[C@H](N(C)C)[C@@H]3C[C@@H]1C2. The predicted molar refractivity (Wildman–Crippen MR) is 150 cm³/mol. The fraction of sp³-hybridized carbons (Fsp3) is 0.517. The first-order valence-electron chi connectivity index (χ1n) is 13.6. The van der Waals surface area contributed by atoms with Gasteiger partial charge in [0.05, 0.1) is 17.7 Å². The molecule has 4 atom stereocenters. The van der Waals surface area contributed by atoms with Crippen molar-refractivity contribution in [3.8, 4) is 5.75 Å². The van der Waals surface area contributed by atoms with E-state index in [-0.39, 0.29) is 48.4 Å². The van der Waals surface area contributed by atoms with Gasteiger partial charge >= 0.3 is 6.09 Å². The number of likely N-dealkylation sites (N-methyl/N-ethyl adjacent to an activating group) is 1. The average Bonchev–Trinajstić information content (AvgIpc) is 2.89. The number of aliphatic hydroxyl groups excluding tert-OH is 1. The number of nitrogens with zero attached hydrogens (tertiary/aromatic N) is 2. The van der Waals surface area contributed by atoms with Gasteiger partial charge in [-0.3, -0.25) is 14.4 Å². The van der Waals surface area contributed by atoms with E-state index in [4.69, 9.17) is 10.5 Å². The molecule has 12 heteroatoms. The summed E-state index contributed by atoms with van der Waals surface area (Å²) in [5, 5.41) is 37.1. The van der Waals surface area contributed by atoms with Gasteiger partial charge in [-0.2, -0.15) is 0 Å². The Balaban J connectivity index is 1.81. The summed E-state index contributed by atoms with van der Waals surface area (Å²) in [6, 6.07) is 1.05. The maximum atomic E-state index is 14.0. The number of nitrogens with two attached hydrogens (primary N) is 1. The number of Topliss-reactive ketones (excluding diaryl/α,β-unsaturated/α-hetero) is 2. The van der Waals surface area contributed by atoms with Crippen LogP contribution in [0.1, 0.15) is 42.9 Å². The molecule has 0 saturated heterocycles. The number of fused-ring (bicyclic) bond motifs is 3. The number of nitrogens with one attached hydrogen (secondary N) is 1. The molecule has 222 valence electrons. The number of aliphatic hydroxyl groups is 2. The molecule has 4 rings (SSSR count). The molecule has 0 unspecified atom stereocenters. The molecule has 1 saturated carbocycles. The number of rotatable bonds is 8. The number of carbonyl (C=O) groups excluding carboxylic acids is 4. The van der Waals surface area contributed by atoms with E-state index in [1.54, 1.807) is 44.1 Å². The zero-order valence-corrected chi connectivity index (χ0v) is 24.0. The Morgan fingerprint density at radius 2 is 1.85 bits per heavy atom. The Labute approximate surface area is 238 Å². The van der Waals surface area contributed by atoms with Gasteiger partial charge in [-0.25, -0.2) is 4.79 Å². The molecule has 0 heterocycles. The van der Waals surface area contributed by atoms with Crippen LogP contribution in [-0.4, -0.2) is 90.2 Å². The third-order valence-corrected chi connectivity index (χ3v) is 8.32. The lowest BCUT2D eigenvalue weighted by atomic mass is 9.57. The van der Waals surface area contributed by atoms with Crippen LogP contribution in [0.25, 0.3) is 5.76 Å². The normalized spacial score (nSPS) is 25.2. The molecule has 3 aliphatic carbocycles. The molecule has 0 aromatic heterocycles. The van der Waals surface area contributed by atoms with Gasteiger partial charge in [0.15, 0.2) is 5.60 Å². The summed E-state index contributed by atoms with van der Waals surface area (Å²) in [7, 11) is 7.00. The molecule has 1 aromatic rings.